The lowest BCUT2D eigenvalue weighted by atomic mass is 9.94. The maximum atomic E-state index is 12.9. The van der Waals surface area contributed by atoms with E-state index in [1.165, 1.54) is 5.56 Å². The molecule has 3 heterocycles. The van der Waals surface area contributed by atoms with Gasteiger partial charge in [0.1, 0.15) is 0 Å². The number of nitrogens with one attached hydrogen (secondary N) is 1. The van der Waals surface area contributed by atoms with Gasteiger partial charge >= 0.3 is 0 Å². The second-order valence-corrected chi connectivity index (χ2v) is 9.06. The van der Waals surface area contributed by atoms with E-state index in [9.17, 15) is 9.59 Å². The van der Waals surface area contributed by atoms with E-state index in [0.29, 0.717) is 19.6 Å². The molecule has 28 heavy (non-hydrogen) atoms. The first-order chi connectivity index (χ1) is 13.3. The molecule has 1 aromatic heterocycles. The largest absolute Gasteiger partial charge is 0.353 e. The van der Waals surface area contributed by atoms with Gasteiger partial charge in [-0.3, -0.25) is 24.4 Å². The fourth-order valence-electron chi connectivity index (χ4n) is 3.98. The Morgan fingerprint density at radius 3 is 2.61 bits per heavy atom. The Morgan fingerprint density at radius 1 is 1.21 bits per heavy atom. The van der Waals surface area contributed by atoms with E-state index in [1.807, 2.05) is 17.2 Å². The van der Waals surface area contributed by atoms with E-state index in [0.717, 1.165) is 32.7 Å². The third kappa shape index (κ3) is 5.75. The van der Waals surface area contributed by atoms with Crippen molar-refractivity contribution in [1.82, 2.24) is 25.0 Å². The lowest BCUT2D eigenvalue weighted by molar-refractivity contribution is -0.140. The zero-order valence-electron chi connectivity index (χ0n) is 17.4. The van der Waals surface area contributed by atoms with Crippen molar-refractivity contribution in [2.75, 3.05) is 45.8 Å². The highest BCUT2D eigenvalue weighted by molar-refractivity contribution is 5.88. The Bertz CT molecular complexity index is 665. The van der Waals surface area contributed by atoms with Crippen molar-refractivity contribution in [2.45, 2.75) is 39.8 Å². The van der Waals surface area contributed by atoms with Gasteiger partial charge in [0, 0.05) is 64.8 Å². The van der Waals surface area contributed by atoms with E-state index in [2.05, 4.69) is 46.9 Å². The number of pyridine rings is 1. The van der Waals surface area contributed by atoms with Gasteiger partial charge in [-0.25, -0.2) is 0 Å². The maximum absolute atomic E-state index is 12.9. The van der Waals surface area contributed by atoms with Crippen molar-refractivity contribution in [2.24, 2.45) is 5.41 Å². The predicted molar refractivity (Wildman–Crippen MR) is 109 cm³/mol. The molecule has 0 bridgehead atoms. The van der Waals surface area contributed by atoms with E-state index >= 15 is 0 Å². The van der Waals surface area contributed by atoms with Crippen LogP contribution in [-0.2, 0) is 16.1 Å². The molecule has 0 saturated carbocycles. The summed E-state index contributed by atoms with van der Waals surface area (Å²) < 4.78 is 0. The monoisotopic (exact) mass is 387 g/mol. The molecule has 154 valence electrons. The molecule has 2 fully saturated rings. The van der Waals surface area contributed by atoms with Crippen molar-refractivity contribution in [3.05, 3.63) is 30.1 Å². The highest BCUT2D eigenvalue weighted by Crippen LogP contribution is 2.20. The van der Waals surface area contributed by atoms with Crippen molar-refractivity contribution in [1.29, 1.82) is 0 Å². The average molecular weight is 388 g/mol. The number of aromatic nitrogens is 1. The summed E-state index contributed by atoms with van der Waals surface area (Å²) in [4.78, 5) is 35.9. The SMILES string of the molecule is CC(C)(C)CN1CCNC(=O)C1CC(=O)N1CCN(Cc2cccnc2)CC1. The van der Waals surface area contributed by atoms with Crippen LogP contribution in [0.3, 0.4) is 0 Å². The van der Waals surface area contributed by atoms with Gasteiger partial charge in [-0.15, -0.1) is 0 Å². The van der Waals surface area contributed by atoms with Gasteiger partial charge in [-0.1, -0.05) is 26.8 Å². The second-order valence-electron chi connectivity index (χ2n) is 9.06. The molecule has 7 heteroatoms. The first kappa shape index (κ1) is 20.7. The lowest BCUT2D eigenvalue weighted by Crippen LogP contribution is -2.58. The van der Waals surface area contributed by atoms with E-state index in [-0.39, 0.29) is 29.7 Å². The number of hydrogen-bond donors (Lipinski definition) is 1. The quantitative estimate of drug-likeness (QED) is 0.815. The highest BCUT2D eigenvalue weighted by atomic mass is 16.2. The Kier molecular flexibility index (Phi) is 6.67. The molecular weight excluding hydrogens is 354 g/mol. The van der Waals surface area contributed by atoms with Crippen LogP contribution in [0.4, 0.5) is 0 Å². The van der Waals surface area contributed by atoms with Crippen LogP contribution < -0.4 is 5.32 Å². The van der Waals surface area contributed by atoms with Crippen molar-refractivity contribution in [3.63, 3.8) is 0 Å². The Balaban J connectivity index is 1.52. The Hall–Kier alpha value is -1.99. The summed E-state index contributed by atoms with van der Waals surface area (Å²) in [6.45, 7) is 12.8. The summed E-state index contributed by atoms with van der Waals surface area (Å²) in [5, 5.41) is 2.93. The van der Waals surface area contributed by atoms with Gasteiger partial charge in [0.15, 0.2) is 0 Å². The number of nitrogens with zero attached hydrogens (tertiary/aromatic N) is 4. The van der Waals surface area contributed by atoms with Crippen LogP contribution in [0.15, 0.2) is 24.5 Å². The molecule has 0 aliphatic carbocycles. The minimum Gasteiger partial charge on any atom is -0.353 e. The topological polar surface area (TPSA) is 68.8 Å². The smallest absolute Gasteiger partial charge is 0.237 e. The first-order valence-corrected chi connectivity index (χ1v) is 10.2. The average Bonchev–Trinajstić information content (AvgIpc) is 2.65. The van der Waals surface area contributed by atoms with Crippen LogP contribution in [0.5, 0.6) is 0 Å². The molecule has 1 unspecified atom stereocenters. The zero-order valence-corrected chi connectivity index (χ0v) is 17.4. The Morgan fingerprint density at radius 2 is 1.96 bits per heavy atom. The number of piperazine rings is 2. The van der Waals surface area contributed by atoms with Gasteiger partial charge in [-0.05, 0) is 17.0 Å². The second kappa shape index (κ2) is 9.01. The number of hydrogen-bond acceptors (Lipinski definition) is 5. The Labute approximate surface area is 168 Å². The van der Waals surface area contributed by atoms with E-state index in [4.69, 9.17) is 0 Å². The van der Waals surface area contributed by atoms with Crippen LogP contribution in [0.1, 0.15) is 32.8 Å². The number of rotatable bonds is 5. The molecular formula is C21H33N5O2. The zero-order chi connectivity index (χ0) is 20.1. The summed E-state index contributed by atoms with van der Waals surface area (Å²) in [5.74, 6) is 0.0704. The molecule has 1 N–H and O–H groups in total. The molecule has 2 aliphatic rings. The molecule has 1 aromatic rings. The molecule has 3 rings (SSSR count). The minimum absolute atomic E-state index is 0.0148. The third-order valence-electron chi connectivity index (χ3n) is 5.34. The van der Waals surface area contributed by atoms with Gasteiger partial charge in [0.2, 0.25) is 11.8 Å². The van der Waals surface area contributed by atoms with Gasteiger partial charge < -0.3 is 10.2 Å². The summed E-state index contributed by atoms with van der Waals surface area (Å²) in [6.07, 6.45) is 3.94. The fourth-order valence-corrected chi connectivity index (χ4v) is 3.98. The molecule has 0 radical (unpaired) electrons. The normalized spacial score (nSPS) is 22.2. The van der Waals surface area contributed by atoms with Gasteiger partial charge in [0.05, 0.1) is 12.5 Å². The number of carbonyl (C=O) groups is 2. The molecule has 0 aromatic carbocycles. The van der Waals surface area contributed by atoms with Crippen molar-refractivity contribution < 1.29 is 9.59 Å². The summed E-state index contributed by atoms with van der Waals surface area (Å²) in [5.41, 5.74) is 1.29. The predicted octanol–water partition coefficient (Wildman–Crippen LogP) is 0.962. The summed E-state index contributed by atoms with van der Waals surface area (Å²) >= 11 is 0. The molecule has 2 saturated heterocycles. The number of amides is 2. The van der Waals surface area contributed by atoms with Gasteiger partial charge in [0.25, 0.3) is 0 Å². The molecule has 2 aliphatic heterocycles. The fraction of sp³-hybridized carbons (Fsp3) is 0.667. The van der Waals surface area contributed by atoms with Crippen molar-refractivity contribution in [3.8, 4) is 0 Å². The lowest BCUT2D eigenvalue weighted by Gasteiger charge is -2.40. The highest BCUT2D eigenvalue weighted by Gasteiger charge is 2.35. The van der Waals surface area contributed by atoms with E-state index in [1.54, 1.807) is 6.20 Å². The standard InChI is InChI=1S/C21H33N5O2/c1-21(2,3)16-26-8-7-23-20(28)18(26)13-19(27)25-11-9-24(10-12-25)15-17-5-4-6-22-14-17/h4-6,14,18H,7-13,15-16H2,1-3H3,(H,23,28). The molecule has 0 spiro atoms. The van der Waals surface area contributed by atoms with Crippen LogP contribution in [0, 0.1) is 5.41 Å². The van der Waals surface area contributed by atoms with Crippen LogP contribution in [0.25, 0.3) is 0 Å². The molecule has 7 nitrogen and oxygen atoms in total. The van der Waals surface area contributed by atoms with E-state index < -0.39 is 0 Å². The third-order valence-corrected chi connectivity index (χ3v) is 5.34. The number of carbonyl (C=O) groups excluding carboxylic acids is 2. The van der Waals surface area contributed by atoms with Crippen LogP contribution in [-0.4, -0.2) is 83.4 Å². The molecule has 1 atom stereocenters. The minimum atomic E-state index is -0.353. The molecule has 2 amide bonds. The van der Waals surface area contributed by atoms with Crippen LogP contribution >= 0.6 is 0 Å². The van der Waals surface area contributed by atoms with Crippen LogP contribution in [0.2, 0.25) is 0 Å². The summed E-state index contributed by atoms with van der Waals surface area (Å²) in [7, 11) is 0. The van der Waals surface area contributed by atoms with Crippen molar-refractivity contribution >= 4 is 11.8 Å². The summed E-state index contributed by atoms with van der Waals surface area (Å²) in [6, 6.07) is 3.68. The van der Waals surface area contributed by atoms with Gasteiger partial charge in [-0.2, -0.15) is 0 Å². The first-order valence-electron chi connectivity index (χ1n) is 10.2. The maximum Gasteiger partial charge on any atom is 0.237 e.